The molecule has 10 nitrogen and oxygen atoms in total. The normalized spacial score (nSPS) is 14.8. The zero-order valence-electron chi connectivity index (χ0n) is 18.9. The molecule has 1 saturated heterocycles. The third-order valence-corrected chi connectivity index (χ3v) is 7.23. The second kappa shape index (κ2) is 10.9. The first-order chi connectivity index (χ1) is 15.8. The molecule has 0 unspecified atom stereocenters. The molecule has 0 aliphatic carbocycles. The summed E-state index contributed by atoms with van der Waals surface area (Å²) in [6, 6.07) is 5.46. The van der Waals surface area contributed by atoms with Crippen LogP contribution < -0.4 is 10.9 Å². The van der Waals surface area contributed by atoms with Gasteiger partial charge in [-0.3, -0.25) is 14.4 Å². The maximum Gasteiger partial charge on any atom is 0.255 e. The lowest BCUT2D eigenvalue weighted by atomic mass is 10.1. The number of fused-ring (bicyclic) bond motifs is 1. The minimum absolute atomic E-state index is 0.0285. The number of carbonyl (C=O) groups excluding carboxylic acids is 2. The molecule has 1 aromatic heterocycles. The van der Waals surface area contributed by atoms with Crippen molar-refractivity contribution in [3.8, 4) is 0 Å². The van der Waals surface area contributed by atoms with Gasteiger partial charge in [0.2, 0.25) is 21.5 Å². The van der Waals surface area contributed by atoms with E-state index in [4.69, 9.17) is 4.74 Å². The maximum atomic E-state index is 13.4. The van der Waals surface area contributed by atoms with Gasteiger partial charge in [0.05, 0.1) is 30.2 Å². The lowest BCUT2D eigenvalue weighted by molar-refractivity contribution is -0.121. The summed E-state index contributed by atoms with van der Waals surface area (Å²) in [7, 11) is -3.79. The van der Waals surface area contributed by atoms with Crippen molar-refractivity contribution in [2.45, 2.75) is 31.6 Å². The quantitative estimate of drug-likeness (QED) is 0.552. The van der Waals surface area contributed by atoms with E-state index >= 15 is 0 Å². The average molecular weight is 479 g/mol. The van der Waals surface area contributed by atoms with Crippen LogP contribution in [0.4, 0.5) is 0 Å². The summed E-state index contributed by atoms with van der Waals surface area (Å²) in [6.45, 7) is 5.61. The Morgan fingerprint density at radius 3 is 2.55 bits per heavy atom. The molecule has 0 spiro atoms. The van der Waals surface area contributed by atoms with Crippen LogP contribution in [0.3, 0.4) is 0 Å². The van der Waals surface area contributed by atoms with Crippen LogP contribution in [0.15, 0.2) is 34.0 Å². The molecule has 0 atom stereocenters. The van der Waals surface area contributed by atoms with E-state index in [9.17, 15) is 22.8 Å². The second-order valence-corrected chi connectivity index (χ2v) is 9.79. The molecule has 1 aliphatic rings. The van der Waals surface area contributed by atoms with Crippen LogP contribution in [-0.2, 0) is 19.6 Å². The standard InChI is InChI=1S/C22H30N4O6S/c1-3-7-23-21(28)15-25(8-4-2)22(29)18-14-20(27)24-19-6-5-16(13-17(18)19)33(30,31)26-9-11-32-12-10-26/h5-6,13-14H,3-4,7-12,15H2,1-2H3,(H,23,28)(H,24,27). The largest absolute Gasteiger partial charge is 0.379 e. The van der Waals surface area contributed by atoms with Crippen LogP contribution in [0.5, 0.6) is 0 Å². The number of aromatic nitrogens is 1. The molecule has 2 N–H and O–H groups in total. The molecule has 11 heteroatoms. The van der Waals surface area contributed by atoms with E-state index in [0.29, 0.717) is 43.6 Å². The second-order valence-electron chi connectivity index (χ2n) is 7.85. The van der Waals surface area contributed by atoms with Crippen LogP contribution in [0.1, 0.15) is 37.0 Å². The minimum atomic E-state index is -3.79. The summed E-state index contributed by atoms with van der Waals surface area (Å²) < 4.78 is 32.8. The maximum absolute atomic E-state index is 13.4. The van der Waals surface area contributed by atoms with Crippen LogP contribution in [0.25, 0.3) is 10.9 Å². The first-order valence-electron chi connectivity index (χ1n) is 11.1. The van der Waals surface area contributed by atoms with Crippen molar-refractivity contribution in [2.75, 3.05) is 45.9 Å². The van der Waals surface area contributed by atoms with E-state index in [2.05, 4.69) is 10.3 Å². The van der Waals surface area contributed by atoms with E-state index < -0.39 is 21.5 Å². The summed E-state index contributed by atoms with van der Waals surface area (Å²) in [5.41, 5.74) is -0.0790. The number of sulfonamides is 1. The highest BCUT2D eigenvalue weighted by molar-refractivity contribution is 7.89. The third-order valence-electron chi connectivity index (χ3n) is 5.34. The monoisotopic (exact) mass is 478 g/mol. The van der Waals surface area contributed by atoms with Gasteiger partial charge in [-0.1, -0.05) is 13.8 Å². The Hall–Kier alpha value is -2.76. The van der Waals surface area contributed by atoms with Crippen LogP contribution in [-0.4, -0.2) is 80.4 Å². The molecule has 2 aromatic rings. The van der Waals surface area contributed by atoms with Crippen LogP contribution in [0, 0.1) is 0 Å². The van der Waals surface area contributed by atoms with Crippen molar-refractivity contribution in [3.63, 3.8) is 0 Å². The fourth-order valence-corrected chi connectivity index (χ4v) is 5.13. The van der Waals surface area contributed by atoms with Crippen LogP contribution >= 0.6 is 0 Å². The minimum Gasteiger partial charge on any atom is -0.379 e. The Morgan fingerprint density at radius 2 is 1.88 bits per heavy atom. The van der Waals surface area contributed by atoms with Gasteiger partial charge in [0, 0.05) is 43.1 Å². The highest BCUT2D eigenvalue weighted by Crippen LogP contribution is 2.24. The predicted octanol–water partition coefficient (Wildman–Crippen LogP) is 0.927. The van der Waals surface area contributed by atoms with Crippen molar-refractivity contribution in [1.29, 1.82) is 0 Å². The summed E-state index contributed by atoms with van der Waals surface area (Å²) in [4.78, 5) is 41.9. The number of carbonyl (C=O) groups is 2. The van der Waals surface area contributed by atoms with Crippen molar-refractivity contribution in [3.05, 3.63) is 40.2 Å². The van der Waals surface area contributed by atoms with Gasteiger partial charge in [0.1, 0.15) is 0 Å². The number of nitrogens with one attached hydrogen (secondary N) is 2. The molecule has 1 fully saturated rings. The molecule has 1 aromatic carbocycles. The molecule has 2 heterocycles. The molecule has 33 heavy (non-hydrogen) atoms. The van der Waals surface area contributed by atoms with Gasteiger partial charge in [-0.15, -0.1) is 0 Å². The number of benzene rings is 1. The Bertz CT molecular complexity index is 1170. The van der Waals surface area contributed by atoms with Crippen molar-refractivity contribution < 1.29 is 22.7 Å². The van der Waals surface area contributed by atoms with Crippen LogP contribution in [0.2, 0.25) is 0 Å². The average Bonchev–Trinajstić information content (AvgIpc) is 2.81. The molecule has 1 aliphatic heterocycles. The van der Waals surface area contributed by atoms with Gasteiger partial charge in [-0.2, -0.15) is 4.31 Å². The van der Waals surface area contributed by atoms with Gasteiger partial charge < -0.3 is 19.9 Å². The lowest BCUT2D eigenvalue weighted by Crippen LogP contribution is -2.41. The first-order valence-corrected chi connectivity index (χ1v) is 12.5. The number of amides is 2. The molecular weight excluding hydrogens is 448 g/mol. The SMILES string of the molecule is CCCNC(=O)CN(CCC)C(=O)c1cc(=O)[nH]c2ccc(S(=O)(=O)N3CCOCC3)cc12. The zero-order chi connectivity index (χ0) is 24.0. The summed E-state index contributed by atoms with van der Waals surface area (Å²) in [5.74, 6) is -0.788. The number of rotatable bonds is 9. The number of nitrogens with zero attached hydrogens (tertiary/aromatic N) is 2. The highest BCUT2D eigenvalue weighted by Gasteiger charge is 2.28. The van der Waals surface area contributed by atoms with Gasteiger partial charge in [0.15, 0.2) is 0 Å². The number of morpholine rings is 1. The highest BCUT2D eigenvalue weighted by atomic mass is 32.2. The predicted molar refractivity (Wildman–Crippen MR) is 124 cm³/mol. The number of H-pyrrole nitrogens is 1. The summed E-state index contributed by atoms with van der Waals surface area (Å²) in [6.07, 6.45) is 1.39. The number of ether oxygens (including phenoxy) is 1. The summed E-state index contributed by atoms with van der Waals surface area (Å²) in [5, 5.41) is 3.05. The van der Waals surface area contributed by atoms with E-state index in [1.54, 1.807) is 0 Å². The van der Waals surface area contributed by atoms with Crippen molar-refractivity contribution >= 4 is 32.7 Å². The van der Waals surface area contributed by atoms with E-state index in [0.717, 1.165) is 12.5 Å². The topological polar surface area (TPSA) is 129 Å². The van der Waals surface area contributed by atoms with Gasteiger partial charge >= 0.3 is 0 Å². The Labute approximate surface area is 192 Å². The molecular formula is C22H30N4O6S. The third kappa shape index (κ3) is 5.79. The Balaban J connectivity index is 2.01. The fraction of sp³-hybridized carbons (Fsp3) is 0.500. The molecule has 0 bridgehead atoms. The fourth-order valence-electron chi connectivity index (χ4n) is 3.69. The molecule has 3 rings (SSSR count). The van der Waals surface area contributed by atoms with Crippen molar-refractivity contribution in [2.24, 2.45) is 0 Å². The van der Waals surface area contributed by atoms with Gasteiger partial charge in [-0.25, -0.2) is 8.42 Å². The number of pyridine rings is 1. The number of hydrogen-bond donors (Lipinski definition) is 2. The molecule has 2 amide bonds. The van der Waals surface area contributed by atoms with E-state index in [-0.39, 0.29) is 36.0 Å². The molecule has 0 radical (unpaired) electrons. The number of aromatic amines is 1. The lowest BCUT2D eigenvalue weighted by Gasteiger charge is -2.26. The summed E-state index contributed by atoms with van der Waals surface area (Å²) >= 11 is 0. The van der Waals surface area contributed by atoms with Gasteiger partial charge in [0.25, 0.3) is 5.91 Å². The van der Waals surface area contributed by atoms with Crippen molar-refractivity contribution in [1.82, 2.24) is 19.5 Å². The smallest absolute Gasteiger partial charge is 0.255 e. The molecule has 180 valence electrons. The first kappa shape index (κ1) is 24.9. The molecule has 0 saturated carbocycles. The zero-order valence-corrected chi connectivity index (χ0v) is 19.7. The van der Waals surface area contributed by atoms with Gasteiger partial charge in [-0.05, 0) is 31.0 Å². The van der Waals surface area contributed by atoms with E-state index in [1.807, 2.05) is 13.8 Å². The number of hydrogen-bond acceptors (Lipinski definition) is 6. The Morgan fingerprint density at radius 1 is 1.15 bits per heavy atom. The van der Waals surface area contributed by atoms with E-state index in [1.165, 1.54) is 27.4 Å². The Kier molecular flexibility index (Phi) is 8.22.